The van der Waals surface area contributed by atoms with Crippen molar-refractivity contribution in [3.8, 4) is 0 Å². The van der Waals surface area contributed by atoms with Gasteiger partial charge >= 0.3 is 17.9 Å². The minimum Gasteiger partial charge on any atom is -0.464 e. The van der Waals surface area contributed by atoms with Crippen molar-refractivity contribution in [1.82, 2.24) is 5.32 Å². The molecule has 0 radical (unpaired) electrons. The standard InChI is InChI=1S/C29H57N2O7.C3H8/c1-26(2,3)21-28(7,8)37-24(33)19-30-14-17-36-23(32)13-16-35-18-15-31(11,12)20-25(34)38-29(9,10)22-27(4,5)6;1-3-2/h30H,13-22H2,1-12H3;3H2,1-2H3/q+1;. The summed E-state index contributed by atoms with van der Waals surface area (Å²) in [4.78, 5) is 36.4. The summed E-state index contributed by atoms with van der Waals surface area (Å²) in [6.07, 6.45) is 2.92. The molecule has 0 aliphatic heterocycles. The average molecular weight is 590 g/mol. The van der Waals surface area contributed by atoms with Crippen molar-refractivity contribution < 1.29 is 37.8 Å². The van der Waals surface area contributed by atoms with Gasteiger partial charge in [-0.05, 0) is 51.4 Å². The van der Waals surface area contributed by atoms with E-state index in [1.54, 1.807) is 0 Å². The lowest BCUT2D eigenvalue weighted by Crippen LogP contribution is -2.48. The maximum atomic E-state index is 12.5. The van der Waals surface area contributed by atoms with Gasteiger partial charge in [0.05, 0.1) is 40.3 Å². The lowest BCUT2D eigenvalue weighted by atomic mass is 9.83. The van der Waals surface area contributed by atoms with Gasteiger partial charge in [-0.3, -0.25) is 9.59 Å². The summed E-state index contributed by atoms with van der Waals surface area (Å²) in [5, 5.41) is 2.94. The van der Waals surface area contributed by atoms with Gasteiger partial charge in [-0.2, -0.15) is 0 Å². The lowest BCUT2D eigenvalue weighted by Gasteiger charge is -2.34. The van der Waals surface area contributed by atoms with Crippen molar-refractivity contribution >= 4 is 17.9 Å². The zero-order chi connectivity index (χ0) is 32.5. The fraction of sp³-hybridized carbons (Fsp3) is 0.906. The molecule has 0 spiro atoms. The molecule has 9 nitrogen and oxygen atoms in total. The predicted molar refractivity (Wildman–Crippen MR) is 166 cm³/mol. The van der Waals surface area contributed by atoms with Crippen molar-refractivity contribution in [3.63, 3.8) is 0 Å². The Bertz CT molecular complexity index is 763. The van der Waals surface area contributed by atoms with Gasteiger partial charge in [-0.25, -0.2) is 4.79 Å². The van der Waals surface area contributed by atoms with Crippen molar-refractivity contribution in [3.05, 3.63) is 0 Å². The van der Waals surface area contributed by atoms with Gasteiger partial charge < -0.3 is 28.7 Å². The van der Waals surface area contributed by atoms with Gasteiger partial charge in [0, 0.05) is 6.54 Å². The topological polar surface area (TPSA) is 100 Å². The van der Waals surface area contributed by atoms with E-state index in [0.29, 0.717) is 24.2 Å². The fourth-order valence-corrected chi connectivity index (χ4v) is 4.81. The van der Waals surface area contributed by atoms with Crippen molar-refractivity contribution in [1.29, 1.82) is 0 Å². The van der Waals surface area contributed by atoms with Crippen LogP contribution < -0.4 is 5.32 Å². The van der Waals surface area contributed by atoms with Crippen LogP contribution in [0.3, 0.4) is 0 Å². The molecule has 0 aromatic rings. The van der Waals surface area contributed by atoms with E-state index in [-0.39, 0.29) is 61.5 Å². The van der Waals surface area contributed by atoms with Crippen LogP contribution in [0.1, 0.15) is 109 Å². The molecule has 0 unspecified atom stereocenters. The molecule has 0 rings (SSSR count). The molecule has 244 valence electrons. The van der Waals surface area contributed by atoms with E-state index in [1.807, 2.05) is 41.8 Å². The molecule has 0 aromatic heterocycles. The third-order valence-corrected chi connectivity index (χ3v) is 5.35. The van der Waals surface area contributed by atoms with Gasteiger partial charge in [0.15, 0.2) is 6.54 Å². The van der Waals surface area contributed by atoms with Crippen LogP contribution in [0.15, 0.2) is 0 Å². The van der Waals surface area contributed by atoms with E-state index < -0.39 is 11.2 Å². The Morgan fingerprint density at radius 3 is 1.61 bits per heavy atom. The molecule has 0 saturated carbocycles. The van der Waals surface area contributed by atoms with Gasteiger partial charge in [0.25, 0.3) is 0 Å². The molecular formula is C32H65N2O7+. The quantitative estimate of drug-likeness (QED) is 0.102. The number of carbonyl (C=O) groups excluding carboxylic acids is 3. The number of esters is 3. The number of hydrogen-bond donors (Lipinski definition) is 1. The number of nitrogens with one attached hydrogen (secondary N) is 1. The fourth-order valence-electron chi connectivity index (χ4n) is 4.81. The summed E-state index contributed by atoms with van der Waals surface area (Å²) in [5.74, 6) is -0.926. The second-order valence-electron chi connectivity index (χ2n) is 15.2. The second kappa shape index (κ2) is 18.7. The number of quaternary nitrogens is 1. The molecule has 41 heavy (non-hydrogen) atoms. The van der Waals surface area contributed by atoms with Gasteiger partial charge in [0.1, 0.15) is 24.4 Å². The molecule has 0 saturated heterocycles. The molecule has 0 aliphatic rings. The molecular weight excluding hydrogens is 524 g/mol. The SMILES string of the molecule is CC(C)(C)CC(C)(C)OC(=O)CNCCOC(=O)CCOCC[N+](C)(C)CC(=O)OC(C)(C)CC(C)(C)C.CCC. The van der Waals surface area contributed by atoms with Crippen LogP contribution in [0.2, 0.25) is 0 Å². The summed E-state index contributed by atoms with van der Waals surface area (Å²) in [6, 6.07) is 0. The Kier molecular flexibility index (Phi) is 18.9. The van der Waals surface area contributed by atoms with E-state index in [2.05, 4.69) is 60.7 Å². The van der Waals surface area contributed by atoms with Crippen molar-refractivity contribution in [2.75, 3.05) is 60.1 Å². The Balaban J connectivity index is 0. The van der Waals surface area contributed by atoms with Gasteiger partial charge in [-0.15, -0.1) is 0 Å². The smallest absolute Gasteiger partial charge is 0.362 e. The maximum Gasteiger partial charge on any atom is 0.362 e. The molecule has 0 atom stereocenters. The number of likely N-dealkylation sites (N-methyl/N-ethyl adjacent to an activating group) is 1. The average Bonchev–Trinajstić information content (AvgIpc) is 2.68. The van der Waals surface area contributed by atoms with Crippen LogP contribution in [-0.2, 0) is 33.3 Å². The van der Waals surface area contributed by atoms with E-state index >= 15 is 0 Å². The van der Waals surface area contributed by atoms with Crippen LogP contribution in [0.4, 0.5) is 0 Å². The highest BCUT2D eigenvalue weighted by Crippen LogP contribution is 2.30. The zero-order valence-corrected chi connectivity index (χ0v) is 29.1. The van der Waals surface area contributed by atoms with E-state index in [4.69, 9.17) is 18.9 Å². The molecule has 1 N–H and O–H groups in total. The second-order valence-corrected chi connectivity index (χ2v) is 15.2. The monoisotopic (exact) mass is 589 g/mol. The summed E-state index contributed by atoms with van der Waals surface area (Å²) in [7, 11) is 3.90. The Morgan fingerprint density at radius 1 is 0.683 bits per heavy atom. The number of rotatable bonds is 17. The molecule has 0 bridgehead atoms. The number of nitrogens with zero attached hydrogens (tertiary/aromatic N) is 1. The number of ether oxygens (including phenoxy) is 4. The van der Waals surface area contributed by atoms with Crippen LogP contribution in [0, 0.1) is 10.8 Å². The largest absolute Gasteiger partial charge is 0.464 e. The van der Waals surface area contributed by atoms with Crippen molar-refractivity contribution in [2.24, 2.45) is 10.8 Å². The Labute approximate surface area is 252 Å². The summed E-state index contributed by atoms with van der Waals surface area (Å²) < 4.78 is 22.5. The third kappa shape index (κ3) is 28.2. The van der Waals surface area contributed by atoms with E-state index in [0.717, 1.165) is 12.8 Å². The first-order valence-corrected chi connectivity index (χ1v) is 15.1. The van der Waals surface area contributed by atoms with Gasteiger partial charge in [-0.1, -0.05) is 61.8 Å². The normalized spacial score (nSPS) is 12.7. The zero-order valence-electron chi connectivity index (χ0n) is 29.1. The molecule has 0 aliphatic carbocycles. The first-order chi connectivity index (χ1) is 18.4. The van der Waals surface area contributed by atoms with Gasteiger partial charge in [0.2, 0.25) is 0 Å². The Hall–Kier alpha value is -1.71. The molecule has 0 aromatic carbocycles. The van der Waals surface area contributed by atoms with Crippen LogP contribution in [-0.4, -0.2) is 93.7 Å². The highest BCUT2D eigenvalue weighted by Gasteiger charge is 2.32. The summed E-state index contributed by atoms with van der Waals surface area (Å²) in [5.41, 5.74) is -0.934. The Morgan fingerprint density at radius 2 is 1.15 bits per heavy atom. The first kappa shape index (κ1) is 41.4. The van der Waals surface area contributed by atoms with Crippen molar-refractivity contribution in [2.45, 2.75) is 120 Å². The maximum absolute atomic E-state index is 12.5. The number of hydrogen-bond acceptors (Lipinski definition) is 8. The van der Waals surface area contributed by atoms with E-state index in [1.165, 1.54) is 6.42 Å². The summed E-state index contributed by atoms with van der Waals surface area (Å²) >= 11 is 0. The predicted octanol–water partition coefficient (Wildman–Crippen LogP) is 5.53. The molecule has 9 heteroatoms. The molecule has 0 fully saturated rings. The third-order valence-electron chi connectivity index (χ3n) is 5.35. The van der Waals surface area contributed by atoms with Crippen LogP contribution in [0.5, 0.6) is 0 Å². The minimum absolute atomic E-state index is 0.0572. The van der Waals surface area contributed by atoms with Crippen LogP contribution >= 0.6 is 0 Å². The molecule has 0 heterocycles. The minimum atomic E-state index is -0.538. The lowest BCUT2D eigenvalue weighted by molar-refractivity contribution is -0.883. The first-order valence-electron chi connectivity index (χ1n) is 15.1. The highest BCUT2D eigenvalue weighted by molar-refractivity contribution is 5.72. The highest BCUT2D eigenvalue weighted by atomic mass is 16.6. The molecule has 0 amide bonds. The van der Waals surface area contributed by atoms with E-state index in [9.17, 15) is 14.4 Å². The number of carbonyl (C=O) groups is 3. The summed E-state index contributed by atoms with van der Waals surface area (Å²) in [6.45, 7) is 26.7. The van der Waals surface area contributed by atoms with Crippen LogP contribution in [0.25, 0.3) is 0 Å².